The largest absolute Gasteiger partial charge is 0.220 e. The van der Waals surface area contributed by atoms with Gasteiger partial charge in [-0.15, -0.1) is 28.2 Å². The van der Waals surface area contributed by atoms with Crippen LogP contribution in [0.4, 0.5) is 5.69 Å². The molecule has 0 saturated heterocycles. The monoisotopic (exact) mass is 943 g/mol. The Morgan fingerprint density at radius 2 is 1.14 bits per heavy atom. The van der Waals surface area contributed by atoms with Gasteiger partial charge in [0.1, 0.15) is 35.4 Å². The molecule has 6 nitrogen and oxygen atoms in total. The van der Waals surface area contributed by atoms with Gasteiger partial charge in [-0.05, 0) is 81.7 Å². The Morgan fingerprint density at radius 3 is 1.51 bits per heavy atom. The fraction of sp³-hybridized carbons (Fsp3) is 0.265. The molecule has 0 amide bonds. The molecule has 1 N–H and O–H groups in total. The van der Waals surface area contributed by atoms with Gasteiger partial charge in [0.15, 0.2) is 10.8 Å². The fourth-order valence-electron chi connectivity index (χ4n) is 4.34. The molecule has 0 aliphatic heterocycles. The molecular weight excluding hydrogens is 884 g/mol. The predicted octanol–water partition coefficient (Wildman–Crippen LogP) is 13.7. The fourth-order valence-corrected chi connectivity index (χ4v) is 5.88. The first-order valence-electron chi connectivity index (χ1n) is 19.7. The highest BCUT2D eigenvalue weighted by Gasteiger charge is 2.10. The normalized spacial score (nSPS) is 13.8. The molecule has 0 unspecified atom stereocenters. The summed E-state index contributed by atoms with van der Waals surface area (Å²) in [5.74, 6) is 6.46. The number of halogens is 1. The number of nitrogens with one attached hydrogen (secondary N) is 1. The van der Waals surface area contributed by atoms with E-state index in [9.17, 15) is 0 Å². The molecule has 1 heterocycles. The summed E-state index contributed by atoms with van der Waals surface area (Å²) in [7, 11) is -3.41. The van der Waals surface area contributed by atoms with Crippen molar-refractivity contribution in [2.45, 2.75) is 84.6 Å². The maximum absolute atomic E-state index is 6.40. The van der Waals surface area contributed by atoms with E-state index >= 15 is 0 Å². The zero-order valence-electron chi connectivity index (χ0n) is 36.3. The van der Waals surface area contributed by atoms with Gasteiger partial charge in [0.2, 0.25) is 4.91 Å². The molecule has 4 aliphatic carbocycles. The molecule has 0 atom stereocenters. The van der Waals surface area contributed by atoms with Crippen LogP contribution in [-0.2, 0) is 0 Å². The van der Waals surface area contributed by atoms with Crippen molar-refractivity contribution in [2.75, 3.05) is 0 Å². The molecule has 0 fully saturated rings. The minimum absolute atomic E-state index is 0.715. The number of aromatic nitrogens is 3. The standard InChI is InChI=1S/C13H11N3.2C10H14Si.C6H6N3.C5H5I.C5H10Si/c1-2-8-12(9-3-1)16-10-13(14-15-16)11-6-4-5-7-11;2*1-11(2,3)9-8-10-6-4-5-7-10;7-9-8-6-4-2-1-3-5-6;6-5-3-1-2-4-5;1-5-6(2,3)4/h1-6,8-10H,7H2;2*4-6H,7H2,1-3H3;1-5,7H;1-3H,4H2;1H,2-4H3/q;;;+1;;. The van der Waals surface area contributed by atoms with Crippen molar-refractivity contribution in [1.82, 2.24) is 19.9 Å². The second-order valence-electron chi connectivity index (χ2n) is 16.5. The highest BCUT2D eigenvalue weighted by atomic mass is 127. The highest BCUT2D eigenvalue weighted by Crippen LogP contribution is 2.21. The Morgan fingerprint density at radius 1 is 0.661 bits per heavy atom. The molecule has 304 valence electrons. The number of allylic oxidation sites excluding steroid dienone is 16. The van der Waals surface area contributed by atoms with Gasteiger partial charge in [-0.25, -0.2) is 4.68 Å². The number of para-hydroxylation sites is 1. The maximum Gasteiger partial charge on any atom is 0.220 e. The van der Waals surface area contributed by atoms with Crippen molar-refractivity contribution >= 4 is 58.1 Å². The van der Waals surface area contributed by atoms with Gasteiger partial charge in [-0.3, -0.25) is 0 Å². The van der Waals surface area contributed by atoms with Crippen molar-refractivity contribution in [3.63, 3.8) is 0 Å². The molecule has 10 heteroatoms. The summed E-state index contributed by atoms with van der Waals surface area (Å²) < 4.78 is 3.24. The van der Waals surface area contributed by atoms with E-state index in [4.69, 9.17) is 12.0 Å². The van der Waals surface area contributed by atoms with Crippen molar-refractivity contribution in [2.24, 2.45) is 5.11 Å². The van der Waals surface area contributed by atoms with E-state index < -0.39 is 24.2 Å². The number of hydrogen-bond donors (Lipinski definition) is 1. The molecule has 0 saturated carbocycles. The third-order valence-corrected chi connectivity index (χ3v) is 10.8. The Labute approximate surface area is 371 Å². The van der Waals surface area contributed by atoms with Crippen molar-refractivity contribution in [3.05, 3.63) is 160 Å². The van der Waals surface area contributed by atoms with Gasteiger partial charge in [-0.1, -0.05) is 185 Å². The van der Waals surface area contributed by atoms with Crippen LogP contribution < -0.4 is 4.91 Å². The van der Waals surface area contributed by atoms with Crippen LogP contribution in [0.25, 0.3) is 11.3 Å². The van der Waals surface area contributed by atoms with Crippen LogP contribution in [0.5, 0.6) is 0 Å². The van der Waals surface area contributed by atoms with Crippen molar-refractivity contribution in [3.8, 4) is 40.6 Å². The second-order valence-corrected chi connectivity index (χ2v) is 32.2. The Kier molecular flexibility index (Phi) is 22.7. The first-order chi connectivity index (χ1) is 28.0. The molecule has 0 bridgehead atoms. The average molecular weight is 944 g/mol. The topological polar surface area (TPSA) is 81.0 Å². The molecule has 0 spiro atoms. The third kappa shape index (κ3) is 25.1. The lowest BCUT2D eigenvalue weighted by Crippen LogP contribution is -2.16. The molecule has 1 aromatic heterocycles. The van der Waals surface area contributed by atoms with Gasteiger partial charge < -0.3 is 0 Å². The average Bonchev–Trinajstić information content (AvgIpc) is 4.06. The van der Waals surface area contributed by atoms with Crippen LogP contribution in [0.15, 0.2) is 160 Å². The first kappa shape index (κ1) is 50.0. The predicted molar refractivity (Wildman–Crippen MR) is 270 cm³/mol. The number of terminal acetylenes is 1. The summed E-state index contributed by atoms with van der Waals surface area (Å²) >= 11 is 2.33. The zero-order chi connectivity index (χ0) is 43.6. The number of rotatable bonds is 3. The minimum atomic E-state index is -1.15. The van der Waals surface area contributed by atoms with E-state index in [2.05, 4.69) is 203 Å². The lowest BCUT2D eigenvalue weighted by atomic mass is 10.2. The van der Waals surface area contributed by atoms with Crippen LogP contribution in [0.1, 0.15) is 31.4 Å². The van der Waals surface area contributed by atoms with Gasteiger partial charge in [0, 0.05) is 11.1 Å². The minimum Gasteiger partial charge on any atom is -0.220 e. The molecule has 59 heavy (non-hydrogen) atoms. The van der Waals surface area contributed by atoms with Gasteiger partial charge >= 0.3 is 0 Å². The summed E-state index contributed by atoms with van der Waals surface area (Å²) in [4.78, 5) is 2.88. The molecule has 3 aromatic rings. The van der Waals surface area contributed by atoms with Crippen LogP contribution >= 0.6 is 22.6 Å². The quantitative estimate of drug-likeness (QED) is 0.0933. The lowest BCUT2D eigenvalue weighted by molar-refractivity contribution is 0.802. The van der Waals surface area contributed by atoms with Gasteiger partial charge in [0.25, 0.3) is 0 Å². The Hall–Kier alpha value is -5.13. The summed E-state index contributed by atoms with van der Waals surface area (Å²) in [6, 6.07) is 19.2. The third-order valence-electron chi connectivity index (χ3n) is 7.43. The summed E-state index contributed by atoms with van der Waals surface area (Å²) in [5.41, 5.74) is 22.3. The smallest absolute Gasteiger partial charge is 0.220 e. The SMILES string of the molecule is C#C[Si](C)(C)C.C1=CCC(c2cn(-c3ccccc3)nn2)=C1.C[Si](C)(C)C#CC1=CC=CC1.C[Si](C)(C)C#CC1=CC=CC1.IC1=CC=CC1.N=[N+]=Nc1ccccc1. The first-order valence-corrected chi connectivity index (χ1v) is 31.3. The van der Waals surface area contributed by atoms with E-state index in [0.717, 1.165) is 37.1 Å². The summed E-state index contributed by atoms with van der Waals surface area (Å²) in [6.45, 7) is 20.0. The van der Waals surface area contributed by atoms with Crippen LogP contribution in [-0.4, -0.2) is 39.2 Å². The van der Waals surface area contributed by atoms with E-state index in [1.165, 1.54) is 20.3 Å². The van der Waals surface area contributed by atoms with Gasteiger partial charge in [-0.2, -0.15) is 0 Å². The van der Waals surface area contributed by atoms with E-state index in [0.29, 0.717) is 5.69 Å². The molecule has 2 aromatic carbocycles. The maximum atomic E-state index is 6.40. The van der Waals surface area contributed by atoms with Crippen molar-refractivity contribution < 1.29 is 0 Å². The number of benzene rings is 2. The van der Waals surface area contributed by atoms with E-state index in [1.807, 2.05) is 54.7 Å². The number of hydrogen-bond acceptors (Lipinski definition) is 4. The van der Waals surface area contributed by atoms with Crippen LogP contribution in [0, 0.1) is 40.4 Å². The highest BCUT2D eigenvalue weighted by molar-refractivity contribution is 14.1. The summed E-state index contributed by atoms with van der Waals surface area (Å²) in [6.07, 6.45) is 36.5. The van der Waals surface area contributed by atoms with E-state index in [1.54, 1.807) is 16.8 Å². The molecular formula is C49H60IN6Si3+. The van der Waals surface area contributed by atoms with Crippen molar-refractivity contribution in [1.29, 1.82) is 5.53 Å². The summed E-state index contributed by atoms with van der Waals surface area (Å²) in [5, 5.41) is 11.8. The zero-order valence-corrected chi connectivity index (χ0v) is 41.5. The van der Waals surface area contributed by atoms with E-state index in [-0.39, 0.29) is 0 Å². The Bertz CT molecular complexity index is 2190. The van der Waals surface area contributed by atoms with Crippen LogP contribution in [0.2, 0.25) is 58.9 Å². The Balaban J connectivity index is 0.000000253. The number of nitrogens with zero attached hydrogens (tertiary/aromatic N) is 5. The molecule has 0 radical (unpaired) electrons. The lowest BCUT2D eigenvalue weighted by Gasteiger charge is -2.03. The van der Waals surface area contributed by atoms with Gasteiger partial charge in [0.05, 0.1) is 11.9 Å². The second kappa shape index (κ2) is 26.8. The molecule has 7 rings (SSSR count). The molecule has 4 aliphatic rings. The van der Waals surface area contributed by atoms with Crippen LogP contribution in [0.3, 0.4) is 0 Å².